The molecular formula is C20H29N5O. The van der Waals surface area contributed by atoms with Gasteiger partial charge in [0.2, 0.25) is 0 Å². The van der Waals surface area contributed by atoms with Crippen molar-refractivity contribution in [3.63, 3.8) is 0 Å². The van der Waals surface area contributed by atoms with Crippen molar-refractivity contribution >= 4 is 5.78 Å². The monoisotopic (exact) mass is 355 g/mol. The van der Waals surface area contributed by atoms with Crippen LogP contribution < -0.4 is 5.32 Å². The Kier molecular flexibility index (Phi) is 6.50. The number of aromatic nitrogens is 4. The lowest BCUT2D eigenvalue weighted by molar-refractivity contribution is -0.121. The molecule has 1 saturated heterocycles. The van der Waals surface area contributed by atoms with E-state index in [2.05, 4.69) is 57.1 Å². The van der Waals surface area contributed by atoms with Gasteiger partial charge < -0.3 is 5.32 Å². The number of carbonyl (C=O) groups is 1. The summed E-state index contributed by atoms with van der Waals surface area (Å²) < 4.78 is 0. The van der Waals surface area contributed by atoms with E-state index in [1.165, 1.54) is 24.0 Å². The van der Waals surface area contributed by atoms with E-state index in [9.17, 15) is 4.79 Å². The molecule has 0 spiro atoms. The molecule has 2 aromatic rings. The molecular weight excluding hydrogens is 326 g/mol. The summed E-state index contributed by atoms with van der Waals surface area (Å²) in [7, 11) is 0. The third kappa shape index (κ3) is 4.55. The second-order valence-electron chi connectivity index (χ2n) is 7.37. The molecule has 1 aliphatic heterocycles. The van der Waals surface area contributed by atoms with E-state index in [1.54, 1.807) is 6.92 Å². The summed E-state index contributed by atoms with van der Waals surface area (Å²) in [6.45, 7) is 5.99. The summed E-state index contributed by atoms with van der Waals surface area (Å²) in [6, 6.07) is 8.92. The van der Waals surface area contributed by atoms with Crippen LogP contribution in [0, 0.1) is 5.92 Å². The first kappa shape index (κ1) is 18.7. The first-order chi connectivity index (χ1) is 12.7. The number of piperidine rings is 1. The van der Waals surface area contributed by atoms with Gasteiger partial charge in [0.25, 0.3) is 0 Å². The first-order valence-corrected chi connectivity index (χ1v) is 9.72. The quantitative estimate of drug-likeness (QED) is 0.760. The molecule has 0 unspecified atom stereocenters. The van der Waals surface area contributed by atoms with E-state index < -0.39 is 0 Å². The van der Waals surface area contributed by atoms with Crippen LogP contribution in [-0.2, 0) is 11.2 Å². The predicted octanol–water partition coefficient (Wildman–Crippen LogP) is 3.00. The molecule has 6 heteroatoms. The molecule has 26 heavy (non-hydrogen) atoms. The van der Waals surface area contributed by atoms with Gasteiger partial charge in [0.05, 0.1) is 0 Å². The van der Waals surface area contributed by atoms with Crippen LogP contribution in [0.3, 0.4) is 0 Å². The van der Waals surface area contributed by atoms with Crippen LogP contribution in [0.15, 0.2) is 24.3 Å². The summed E-state index contributed by atoms with van der Waals surface area (Å²) in [5.74, 6) is 1.51. The maximum atomic E-state index is 12.2. The third-order valence-electron chi connectivity index (χ3n) is 5.57. The Labute approximate surface area is 155 Å². The van der Waals surface area contributed by atoms with Crippen molar-refractivity contribution in [1.82, 2.24) is 25.9 Å². The van der Waals surface area contributed by atoms with Gasteiger partial charge >= 0.3 is 0 Å². The SMILES string of the molecule is CCC[C@H](C(C)=O)[C@H](Cc1ccc(C2CCNCC2)cc1)c1nnn[nH]1. The van der Waals surface area contributed by atoms with Gasteiger partial charge in [-0.15, -0.1) is 5.10 Å². The van der Waals surface area contributed by atoms with E-state index in [0.29, 0.717) is 11.7 Å². The Hall–Kier alpha value is -2.08. The fourth-order valence-corrected chi connectivity index (χ4v) is 4.09. The highest BCUT2D eigenvalue weighted by molar-refractivity contribution is 5.79. The number of H-pyrrole nitrogens is 1. The Bertz CT molecular complexity index is 677. The van der Waals surface area contributed by atoms with Gasteiger partial charge in [0.15, 0.2) is 5.82 Å². The van der Waals surface area contributed by atoms with Crippen molar-refractivity contribution in [3.8, 4) is 0 Å². The summed E-state index contributed by atoms with van der Waals surface area (Å²) in [6.07, 6.45) is 5.00. The largest absolute Gasteiger partial charge is 0.317 e. The van der Waals surface area contributed by atoms with E-state index in [-0.39, 0.29) is 17.6 Å². The van der Waals surface area contributed by atoms with E-state index in [0.717, 1.165) is 32.4 Å². The van der Waals surface area contributed by atoms with E-state index in [4.69, 9.17) is 0 Å². The molecule has 140 valence electrons. The lowest BCUT2D eigenvalue weighted by atomic mass is 9.80. The molecule has 2 heterocycles. The molecule has 1 aliphatic rings. The number of hydrogen-bond acceptors (Lipinski definition) is 5. The van der Waals surface area contributed by atoms with Crippen molar-refractivity contribution < 1.29 is 4.79 Å². The molecule has 0 saturated carbocycles. The fraction of sp³-hybridized carbons (Fsp3) is 0.600. The van der Waals surface area contributed by atoms with Crippen molar-refractivity contribution in [2.45, 2.75) is 57.8 Å². The van der Waals surface area contributed by atoms with Crippen molar-refractivity contribution in [2.24, 2.45) is 5.92 Å². The molecule has 2 atom stereocenters. The number of carbonyl (C=O) groups excluding carboxylic acids is 1. The molecule has 1 fully saturated rings. The minimum absolute atomic E-state index is 0.00724. The van der Waals surface area contributed by atoms with Gasteiger partial charge in [0.1, 0.15) is 5.78 Å². The minimum Gasteiger partial charge on any atom is -0.317 e. The Morgan fingerprint density at radius 2 is 1.96 bits per heavy atom. The fourth-order valence-electron chi connectivity index (χ4n) is 4.09. The molecule has 0 radical (unpaired) electrons. The number of benzene rings is 1. The van der Waals surface area contributed by atoms with Crippen LogP contribution in [0.25, 0.3) is 0 Å². The smallest absolute Gasteiger partial charge is 0.152 e. The summed E-state index contributed by atoms with van der Waals surface area (Å²) >= 11 is 0. The number of hydrogen-bond donors (Lipinski definition) is 2. The number of aromatic amines is 1. The summed E-state index contributed by atoms with van der Waals surface area (Å²) in [4.78, 5) is 12.2. The van der Waals surface area contributed by atoms with Crippen LogP contribution in [0.4, 0.5) is 0 Å². The van der Waals surface area contributed by atoms with E-state index >= 15 is 0 Å². The van der Waals surface area contributed by atoms with Crippen LogP contribution in [0.1, 0.15) is 68.3 Å². The van der Waals surface area contributed by atoms with Gasteiger partial charge in [-0.2, -0.15) is 0 Å². The normalized spacial score (nSPS) is 17.8. The third-order valence-corrected chi connectivity index (χ3v) is 5.57. The van der Waals surface area contributed by atoms with Crippen molar-refractivity contribution in [2.75, 3.05) is 13.1 Å². The predicted molar refractivity (Wildman–Crippen MR) is 101 cm³/mol. The molecule has 3 rings (SSSR count). The maximum absolute atomic E-state index is 12.2. The second-order valence-corrected chi connectivity index (χ2v) is 7.37. The first-order valence-electron chi connectivity index (χ1n) is 9.72. The highest BCUT2D eigenvalue weighted by Crippen LogP contribution is 2.31. The number of Topliss-reactive ketones (excluding diaryl/α,β-unsaturated/α-hetero) is 1. The molecule has 0 amide bonds. The van der Waals surface area contributed by atoms with Crippen LogP contribution in [-0.4, -0.2) is 39.5 Å². The van der Waals surface area contributed by atoms with Crippen LogP contribution >= 0.6 is 0 Å². The zero-order chi connectivity index (χ0) is 18.4. The van der Waals surface area contributed by atoms with Gasteiger partial charge in [-0.05, 0) is 73.2 Å². The lowest BCUT2D eigenvalue weighted by Gasteiger charge is -2.24. The van der Waals surface area contributed by atoms with Gasteiger partial charge in [-0.25, -0.2) is 5.10 Å². The zero-order valence-corrected chi connectivity index (χ0v) is 15.7. The average molecular weight is 355 g/mol. The highest BCUT2D eigenvalue weighted by Gasteiger charge is 2.29. The molecule has 0 bridgehead atoms. The van der Waals surface area contributed by atoms with E-state index in [1.807, 2.05) is 0 Å². The number of nitrogens with one attached hydrogen (secondary N) is 2. The van der Waals surface area contributed by atoms with Crippen LogP contribution in [0.2, 0.25) is 0 Å². The number of tetrazole rings is 1. The number of nitrogens with zero attached hydrogens (tertiary/aromatic N) is 3. The standard InChI is InChI=1S/C20H29N5O/c1-3-4-18(14(2)26)19(20-22-24-25-23-20)13-15-5-7-16(8-6-15)17-9-11-21-12-10-17/h5-8,17-19,21H,3-4,9-13H2,1-2H3,(H,22,23,24,25)/t18-,19+/m1/s1. The van der Waals surface area contributed by atoms with Crippen molar-refractivity contribution in [1.29, 1.82) is 0 Å². The lowest BCUT2D eigenvalue weighted by Crippen LogP contribution is -2.26. The van der Waals surface area contributed by atoms with Crippen molar-refractivity contribution in [3.05, 3.63) is 41.2 Å². The Balaban J connectivity index is 1.77. The minimum atomic E-state index is -0.0566. The summed E-state index contributed by atoms with van der Waals surface area (Å²) in [5, 5.41) is 17.9. The molecule has 1 aromatic heterocycles. The number of ketones is 1. The zero-order valence-electron chi connectivity index (χ0n) is 15.7. The maximum Gasteiger partial charge on any atom is 0.152 e. The summed E-state index contributed by atoms with van der Waals surface area (Å²) in [5.41, 5.74) is 2.65. The molecule has 6 nitrogen and oxygen atoms in total. The Morgan fingerprint density at radius 3 is 2.54 bits per heavy atom. The Morgan fingerprint density at radius 1 is 1.23 bits per heavy atom. The number of rotatable bonds is 8. The average Bonchev–Trinajstić information content (AvgIpc) is 3.20. The van der Waals surface area contributed by atoms with Gasteiger partial charge in [0, 0.05) is 11.8 Å². The molecule has 1 aromatic carbocycles. The van der Waals surface area contributed by atoms with Gasteiger partial charge in [-0.3, -0.25) is 4.79 Å². The van der Waals surface area contributed by atoms with Crippen LogP contribution in [0.5, 0.6) is 0 Å². The molecule has 0 aliphatic carbocycles. The highest BCUT2D eigenvalue weighted by atomic mass is 16.1. The second kappa shape index (κ2) is 9.03. The topological polar surface area (TPSA) is 83.6 Å². The molecule has 2 N–H and O–H groups in total. The van der Waals surface area contributed by atoms with Gasteiger partial charge in [-0.1, -0.05) is 37.6 Å².